The second-order valence-corrected chi connectivity index (χ2v) is 8.21. The number of piperidine rings is 1. The van der Waals surface area contributed by atoms with Crippen molar-refractivity contribution in [3.63, 3.8) is 0 Å². The minimum atomic E-state index is -3.67. The molecule has 1 fully saturated rings. The lowest BCUT2D eigenvalue weighted by molar-refractivity contribution is 0.123. The van der Waals surface area contributed by atoms with Crippen LogP contribution in [-0.2, 0) is 10.0 Å². The van der Waals surface area contributed by atoms with Gasteiger partial charge in [-0.05, 0) is 38.0 Å². The van der Waals surface area contributed by atoms with E-state index in [2.05, 4.69) is 10.2 Å². The normalized spacial score (nSPS) is 18.1. The molecule has 0 amide bonds. The van der Waals surface area contributed by atoms with Crippen molar-refractivity contribution in [3.05, 3.63) is 36.0 Å². The lowest BCUT2D eigenvalue weighted by Gasteiger charge is -2.31. The van der Waals surface area contributed by atoms with Gasteiger partial charge in [0, 0.05) is 18.7 Å². The third kappa shape index (κ3) is 4.30. The summed E-state index contributed by atoms with van der Waals surface area (Å²) in [5, 5.41) is 7.95. The maximum Gasteiger partial charge on any atom is 0.243 e. The van der Waals surface area contributed by atoms with E-state index < -0.39 is 10.0 Å². The Kier molecular flexibility index (Phi) is 5.81. The fourth-order valence-electron chi connectivity index (χ4n) is 2.97. The first-order valence-corrected chi connectivity index (χ1v) is 10.1. The van der Waals surface area contributed by atoms with Gasteiger partial charge in [0.1, 0.15) is 6.10 Å². The first-order valence-electron chi connectivity index (χ1n) is 8.63. The number of aryl methyl sites for hydroxylation is 1. The minimum Gasteiger partial charge on any atom is -0.493 e. The van der Waals surface area contributed by atoms with Gasteiger partial charge < -0.3 is 14.2 Å². The molecule has 1 aromatic carbocycles. The second-order valence-electron chi connectivity index (χ2n) is 6.27. The lowest BCUT2D eigenvalue weighted by Crippen LogP contribution is -2.44. The molecule has 146 valence electrons. The number of ether oxygens (including phenoxy) is 3. The first kappa shape index (κ1) is 19.4. The summed E-state index contributed by atoms with van der Waals surface area (Å²) in [7, 11) is -0.689. The van der Waals surface area contributed by atoms with Crippen LogP contribution in [0.5, 0.6) is 17.4 Å². The van der Waals surface area contributed by atoms with Crippen molar-refractivity contribution < 1.29 is 22.6 Å². The zero-order valence-electron chi connectivity index (χ0n) is 15.6. The lowest BCUT2D eigenvalue weighted by atomic mass is 10.1. The molecule has 1 aliphatic rings. The Balaban J connectivity index is 1.77. The number of rotatable bonds is 6. The molecular weight excluding hydrogens is 370 g/mol. The largest absolute Gasteiger partial charge is 0.493 e. The van der Waals surface area contributed by atoms with Crippen molar-refractivity contribution in [1.82, 2.24) is 14.5 Å². The zero-order valence-corrected chi connectivity index (χ0v) is 16.4. The fourth-order valence-corrected chi connectivity index (χ4v) is 4.49. The molecule has 3 rings (SSSR count). The van der Waals surface area contributed by atoms with Crippen LogP contribution in [0.4, 0.5) is 0 Å². The summed E-state index contributed by atoms with van der Waals surface area (Å²) in [5.74, 6) is 1.25. The summed E-state index contributed by atoms with van der Waals surface area (Å²) >= 11 is 0. The Morgan fingerprint density at radius 1 is 1.07 bits per heavy atom. The molecule has 0 radical (unpaired) electrons. The van der Waals surface area contributed by atoms with Gasteiger partial charge in [0.2, 0.25) is 15.9 Å². The van der Waals surface area contributed by atoms with Gasteiger partial charge >= 0.3 is 0 Å². The van der Waals surface area contributed by atoms with Gasteiger partial charge in [-0.2, -0.15) is 9.40 Å². The van der Waals surface area contributed by atoms with Crippen molar-refractivity contribution in [1.29, 1.82) is 0 Å². The van der Waals surface area contributed by atoms with Crippen LogP contribution in [0, 0.1) is 6.92 Å². The van der Waals surface area contributed by atoms with Crippen LogP contribution < -0.4 is 14.2 Å². The minimum absolute atomic E-state index is 0.163. The van der Waals surface area contributed by atoms with Crippen LogP contribution in [0.3, 0.4) is 0 Å². The molecule has 1 aromatic heterocycles. The number of benzene rings is 1. The number of hydrogen-bond donors (Lipinski definition) is 0. The topological polar surface area (TPSA) is 90.9 Å². The van der Waals surface area contributed by atoms with Crippen LogP contribution in [0.25, 0.3) is 0 Å². The molecule has 9 heteroatoms. The van der Waals surface area contributed by atoms with E-state index in [0.29, 0.717) is 30.3 Å². The third-order valence-electron chi connectivity index (χ3n) is 4.39. The molecule has 0 saturated carbocycles. The summed E-state index contributed by atoms with van der Waals surface area (Å²) in [6, 6.07) is 8.13. The van der Waals surface area contributed by atoms with Crippen molar-refractivity contribution >= 4 is 10.0 Å². The second kappa shape index (κ2) is 8.10. The van der Waals surface area contributed by atoms with Crippen LogP contribution in [0.2, 0.25) is 0 Å². The molecule has 8 nitrogen and oxygen atoms in total. The summed E-state index contributed by atoms with van der Waals surface area (Å²) in [6.45, 7) is 2.54. The number of sulfonamides is 1. The average Bonchev–Trinajstić information content (AvgIpc) is 2.69. The van der Waals surface area contributed by atoms with Gasteiger partial charge in [-0.25, -0.2) is 8.42 Å². The summed E-state index contributed by atoms with van der Waals surface area (Å²) in [5.41, 5.74) is 0.795. The summed E-state index contributed by atoms with van der Waals surface area (Å²) in [6.07, 6.45) is 1.19. The van der Waals surface area contributed by atoms with Gasteiger partial charge in [0.05, 0.1) is 31.4 Å². The Hall–Kier alpha value is -2.39. The zero-order chi connectivity index (χ0) is 19.4. The summed E-state index contributed by atoms with van der Waals surface area (Å²) < 4.78 is 43.7. The van der Waals surface area contributed by atoms with Crippen molar-refractivity contribution in [2.45, 2.75) is 30.8 Å². The van der Waals surface area contributed by atoms with E-state index in [4.69, 9.17) is 14.2 Å². The van der Waals surface area contributed by atoms with E-state index in [0.717, 1.165) is 12.1 Å². The molecule has 0 bridgehead atoms. The van der Waals surface area contributed by atoms with E-state index in [1.54, 1.807) is 12.1 Å². The van der Waals surface area contributed by atoms with E-state index in [1.807, 2.05) is 13.0 Å². The summed E-state index contributed by atoms with van der Waals surface area (Å²) in [4.78, 5) is 0.163. The van der Waals surface area contributed by atoms with Gasteiger partial charge in [0.15, 0.2) is 11.5 Å². The van der Waals surface area contributed by atoms with Crippen LogP contribution in [-0.4, -0.2) is 56.3 Å². The van der Waals surface area contributed by atoms with Crippen molar-refractivity contribution in [2.75, 3.05) is 27.3 Å². The molecule has 27 heavy (non-hydrogen) atoms. The van der Waals surface area contributed by atoms with E-state index in [1.165, 1.54) is 30.7 Å². The predicted octanol–water partition coefficient (Wildman–Crippen LogP) is 2.03. The average molecular weight is 393 g/mol. The Morgan fingerprint density at radius 3 is 2.52 bits per heavy atom. The molecule has 2 heterocycles. The first-order chi connectivity index (χ1) is 12.9. The van der Waals surface area contributed by atoms with Crippen LogP contribution >= 0.6 is 0 Å². The third-order valence-corrected chi connectivity index (χ3v) is 6.26. The van der Waals surface area contributed by atoms with Crippen molar-refractivity contribution in [2.24, 2.45) is 0 Å². The van der Waals surface area contributed by atoms with E-state index in [9.17, 15) is 8.42 Å². The predicted molar refractivity (Wildman–Crippen MR) is 98.7 cm³/mol. The number of aromatic nitrogens is 2. The van der Waals surface area contributed by atoms with Crippen LogP contribution in [0.1, 0.15) is 18.5 Å². The molecule has 0 spiro atoms. The van der Waals surface area contributed by atoms with E-state index in [-0.39, 0.29) is 17.5 Å². The van der Waals surface area contributed by atoms with Gasteiger partial charge in [0.25, 0.3) is 0 Å². The highest BCUT2D eigenvalue weighted by molar-refractivity contribution is 7.89. The number of nitrogens with zero attached hydrogens (tertiary/aromatic N) is 3. The molecular formula is C18H23N3O5S. The van der Waals surface area contributed by atoms with Crippen molar-refractivity contribution in [3.8, 4) is 17.4 Å². The van der Waals surface area contributed by atoms with Gasteiger partial charge in [-0.3, -0.25) is 0 Å². The molecule has 1 unspecified atom stereocenters. The molecule has 0 N–H and O–H groups in total. The SMILES string of the molecule is COc1ccc(S(=O)(=O)N2CCCC(Oc3ccc(C)nn3)C2)cc1OC. The molecule has 2 aromatic rings. The van der Waals surface area contributed by atoms with Crippen LogP contribution in [0.15, 0.2) is 35.2 Å². The molecule has 1 aliphatic heterocycles. The molecule has 1 saturated heterocycles. The quantitative estimate of drug-likeness (QED) is 0.742. The highest BCUT2D eigenvalue weighted by atomic mass is 32.2. The standard InChI is InChI=1S/C18H23N3O5S/c1-13-6-9-18(20-19-13)26-14-5-4-10-21(12-14)27(22,23)15-7-8-16(24-2)17(11-15)25-3/h6-9,11,14H,4-5,10,12H2,1-3H3. The maximum atomic E-state index is 13.0. The number of methoxy groups -OCH3 is 2. The smallest absolute Gasteiger partial charge is 0.243 e. The Morgan fingerprint density at radius 2 is 1.85 bits per heavy atom. The maximum absolute atomic E-state index is 13.0. The highest BCUT2D eigenvalue weighted by Gasteiger charge is 2.32. The highest BCUT2D eigenvalue weighted by Crippen LogP contribution is 2.31. The molecule has 0 aliphatic carbocycles. The number of hydrogen-bond acceptors (Lipinski definition) is 7. The Labute approximate surface area is 159 Å². The van der Waals surface area contributed by atoms with Gasteiger partial charge in [-0.1, -0.05) is 0 Å². The van der Waals surface area contributed by atoms with Gasteiger partial charge in [-0.15, -0.1) is 5.10 Å². The fraction of sp³-hybridized carbons (Fsp3) is 0.444. The van der Waals surface area contributed by atoms with E-state index >= 15 is 0 Å². The monoisotopic (exact) mass is 393 g/mol. The Bertz CT molecular complexity index is 886. The molecule has 1 atom stereocenters.